The molecule has 1 aliphatic heterocycles. The molecule has 1 aliphatic rings. The van der Waals surface area contributed by atoms with Gasteiger partial charge in [-0.15, -0.1) is 0 Å². The van der Waals surface area contributed by atoms with Crippen molar-refractivity contribution in [1.29, 1.82) is 0 Å². The molecule has 8 nitrogen and oxygen atoms in total. The molecular formula is C30H23I2N3O5. The fourth-order valence-electron chi connectivity index (χ4n) is 4.25. The molecule has 4 aromatic rings. The Balaban J connectivity index is 1.26. The summed E-state index contributed by atoms with van der Waals surface area (Å²) < 4.78 is 13.1. The first kappa shape index (κ1) is 27.9. The summed E-state index contributed by atoms with van der Waals surface area (Å²) in [5.41, 5.74) is 2.32. The van der Waals surface area contributed by atoms with Gasteiger partial charge in [-0.2, -0.15) is 0 Å². The van der Waals surface area contributed by atoms with E-state index in [0.29, 0.717) is 18.0 Å². The van der Waals surface area contributed by atoms with Crippen molar-refractivity contribution in [2.75, 3.05) is 19.0 Å². The molecule has 0 unspecified atom stereocenters. The number of carbonyl (C=O) groups is 3. The highest BCUT2D eigenvalue weighted by molar-refractivity contribution is 14.1. The third kappa shape index (κ3) is 6.22. The van der Waals surface area contributed by atoms with Gasteiger partial charge in [0.2, 0.25) is 5.91 Å². The number of fused-ring (bicyclic) bond motifs is 1. The molecule has 0 spiro atoms. The number of para-hydroxylation sites is 2. The molecule has 1 heterocycles. The van der Waals surface area contributed by atoms with Crippen LogP contribution in [0.2, 0.25) is 0 Å². The van der Waals surface area contributed by atoms with Gasteiger partial charge in [0.15, 0.2) is 0 Å². The van der Waals surface area contributed by atoms with Gasteiger partial charge in [-0.1, -0.05) is 48.5 Å². The minimum absolute atomic E-state index is 0.0894. The van der Waals surface area contributed by atoms with Gasteiger partial charge in [0.05, 0.1) is 19.9 Å². The van der Waals surface area contributed by atoms with Crippen molar-refractivity contribution in [3.8, 4) is 11.5 Å². The number of anilines is 1. The number of hydrogen-bond donors (Lipinski definition) is 2. The molecule has 0 aromatic heterocycles. The van der Waals surface area contributed by atoms with Crippen LogP contribution in [0.4, 0.5) is 10.5 Å². The first-order valence-corrected chi connectivity index (χ1v) is 14.3. The van der Waals surface area contributed by atoms with Crippen molar-refractivity contribution in [3.63, 3.8) is 0 Å². The standard InChI is InChI=1S/C30H23I2N3O5/c1-39-26-9-5-4-8-24(26)33-27(36)16-35-29(37)25(34-30(35)38)15-19-13-22(31)28(23(32)14-19)40-17-18-10-11-20-6-2-3-7-21(20)12-18/h2-15H,16-17H2,1H3,(H,33,36)(H,34,38)/b25-15+. The number of nitrogens with zero attached hydrogens (tertiary/aromatic N) is 1. The SMILES string of the molecule is COc1ccccc1NC(=O)CN1C(=O)N/C(=C/c2cc(I)c(OCc3ccc4ccccc4c3)c(I)c2)C1=O. The van der Waals surface area contributed by atoms with Crippen LogP contribution < -0.4 is 20.1 Å². The molecule has 202 valence electrons. The molecule has 10 heteroatoms. The van der Waals surface area contributed by atoms with Gasteiger partial charge in [0.1, 0.15) is 30.3 Å². The van der Waals surface area contributed by atoms with E-state index in [2.05, 4.69) is 86.1 Å². The van der Waals surface area contributed by atoms with Crippen LogP contribution in [0.3, 0.4) is 0 Å². The Bertz CT molecular complexity index is 1650. The Morgan fingerprint density at radius 3 is 2.40 bits per heavy atom. The molecule has 0 radical (unpaired) electrons. The fourth-order valence-corrected chi connectivity index (χ4v) is 6.38. The summed E-state index contributed by atoms with van der Waals surface area (Å²) in [6.45, 7) is -0.0195. The average molecular weight is 759 g/mol. The lowest BCUT2D eigenvalue weighted by Gasteiger charge is -2.13. The van der Waals surface area contributed by atoms with Crippen molar-refractivity contribution < 1.29 is 23.9 Å². The van der Waals surface area contributed by atoms with E-state index in [1.807, 2.05) is 24.3 Å². The van der Waals surface area contributed by atoms with Crippen LogP contribution in [0.25, 0.3) is 16.8 Å². The van der Waals surface area contributed by atoms with Crippen LogP contribution in [-0.2, 0) is 16.2 Å². The maximum absolute atomic E-state index is 13.0. The smallest absolute Gasteiger partial charge is 0.329 e. The van der Waals surface area contributed by atoms with Crippen molar-refractivity contribution in [1.82, 2.24) is 10.2 Å². The Morgan fingerprint density at radius 1 is 0.950 bits per heavy atom. The number of amides is 4. The van der Waals surface area contributed by atoms with Crippen molar-refractivity contribution in [3.05, 3.63) is 103 Å². The monoisotopic (exact) mass is 759 g/mol. The van der Waals surface area contributed by atoms with E-state index in [1.54, 1.807) is 30.3 Å². The quantitative estimate of drug-likeness (QED) is 0.127. The summed E-state index contributed by atoms with van der Waals surface area (Å²) in [6, 6.07) is 24.4. The summed E-state index contributed by atoms with van der Waals surface area (Å²) in [4.78, 5) is 38.9. The van der Waals surface area contributed by atoms with Crippen LogP contribution >= 0.6 is 45.2 Å². The van der Waals surface area contributed by atoms with Crippen LogP contribution in [0, 0.1) is 7.14 Å². The van der Waals surface area contributed by atoms with Crippen molar-refractivity contribution in [2.24, 2.45) is 0 Å². The molecule has 0 atom stereocenters. The minimum atomic E-state index is -0.661. The topological polar surface area (TPSA) is 97.0 Å². The van der Waals surface area contributed by atoms with E-state index >= 15 is 0 Å². The number of nitrogens with one attached hydrogen (secondary N) is 2. The maximum atomic E-state index is 13.0. The van der Waals surface area contributed by atoms with Gasteiger partial charge in [-0.3, -0.25) is 9.59 Å². The Labute approximate surface area is 258 Å². The molecule has 1 fully saturated rings. The zero-order valence-electron chi connectivity index (χ0n) is 21.2. The van der Waals surface area contributed by atoms with E-state index in [-0.39, 0.29) is 5.70 Å². The predicted molar refractivity (Wildman–Crippen MR) is 170 cm³/mol. The number of urea groups is 1. The first-order valence-electron chi connectivity index (χ1n) is 12.2. The predicted octanol–water partition coefficient (Wildman–Crippen LogP) is 6.17. The highest BCUT2D eigenvalue weighted by atomic mass is 127. The third-order valence-electron chi connectivity index (χ3n) is 6.17. The highest BCUT2D eigenvalue weighted by Gasteiger charge is 2.35. The summed E-state index contributed by atoms with van der Waals surface area (Å²) in [6.07, 6.45) is 1.59. The first-order chi connectivity index (χ1) is 19.3. The normalized spacial score (nSPS) is 14.0. The molecule has 0 bridgehead atoms. The largest absolute Gasteiger partial charge is 0.495 e. The molecule has 2 N–H and O–H groups in total. The number of ether oxygens (including phenoxy) is 2. The number of imide groups is 1. The van der Waals surface area contributed by atoms with Crippen LogP contribution in [0.5, 0.6) is 11.5 Å². The van der Waals surface area contributed by atoms with Gasteiger partial charge >= 0.3 is 6.03 Å². The third-order valence-corrected chi connectivity index (χ3v) is 7.78. The zero-order chi connectivity index (χ0) is 28.2. The van der Waals surface area contributed by atoms with E-state index in [9.17, 15) is 14.4 Å². The van der Waals surface area contributed by atoms with E-state index in [4.69, 9.17) is 9.47 Å². The van der Waals surface area contributed by atoms with Crippen LogP contribution in [0.15, 0.2) is 84.6 Å². The lowest BCUT2D eigenvalue weighted by Crippen LogP contribution is -2.38. The number of methoxy groups -OCH3 is 1. The molecule has 40 heavy (non-hydrogen) atoms. The average Bonchev–Trinajstić information content (AvgIpc) is 3.19. The van der Waals surface area contributed by atoms with Gasteiger partial charge in [-0.25, -0.2) is 9.69 Å². The van der Waals surface area contributed by atoms with Crippen LogP contribution in [-0.4, -0.2) is 36.4 Å². The number of benzene rings is 4. The summed E-state index contributed by atoms with van der Waals surface area (Å²) in [7, 11) is 1.49. The second-order valence-electron chi connectivity index (χ2n) is 8.91. The fraction of sp³-hybridized carbons (Fsp3) is 0.100. The Morgan fingerprint density at radius 2 is 1.65 bits per heavy atom. The molecule has 0 saturated carbocycles. The second-order valence-corrected chi connectivity index (χ2v) is 11.2. The molecule has 4 aromatic carbocycles. The van der Waals surface area contributed by atoms with Gasteiger partial charge in [-0.05, 0) is 103 Å². The summed E-state index contributed by atoms with van der Waals surface area (Å²) in [5.74, 6) is 0.114. The van der Waals surface area contributed by atoms with Crippen molar-refractivity contribution in [2.45, 2.75) is 6.61 Å². The molecular weight excluding hydrogens is 736 g/mol. The number of hydrogen-bond acceptors (Lipinski definition) is 5. The Hall–Kier alpha value is -3.65. The second kappa shape index (κ2) is 12.3. The van der Waals surface area contributed by atoms with Gasteiger partial charge in [0.25, 0.3) is 5.91 Å². The summed E-state index contributed by atoms with van der Waals surface area (Å²) >= 11 is 4.39. The number of carbonyl (C=O) groups excluding carboxylic acids is 3. The van der Waals surface area contributed by atoms with E-state index < -0.39 is 24.4 Å². The number of halogens is 2. The van der Waals surface area contributed by atoms with Crippen LogP contribution in [0.1, 0.15) is 11.1 Å². The minimum Gasteiger partial charge on any atom is -0.495 e. The van der Waals surface area contributed by atoms with Gasteiger partial charge in [0, 0.05) is 0 Å². The molecule has 4 amide bonds. The molecule has 5 rings (SSSR count). The maximum Gasteiger partial charge on any atom is 0.329 e. The Kier molecular flexibility index (Phi) is 8.54. The molecule has 0 aliphatic carbocycles. The molecule has 1 saturated heterocycles. The zero-order valence-corrected chi connectivity index (χ0v) is 25.6. The van der Waals surface area contributed by atoms with Gasteiger partial charge < -0.3 is 20.1 Å². The number of rotatable bonds is 8. The van der Waals surface area contributed by atoms with E-state index in [1.165, 1.54) is 12.5 Å². The highest BCUT2D eigenvalue weighted by Crippen LogP contribution is 2.31. The van der Waals surface area contributed by atoms with E-state index in [0.717, 1.165) is 34.3 Å². The lowest BCUT2D eigenvalue weighted by molar-refractivity contribution is -0.127. The summed E-state index contributed by atoms with van der Waals surface area (Å²) in [5, 5.41) is 7.58. The lowest BCUT2D eigenvalue weighted by atomic mass is 10.1. The van der Waals surface area contributed by atoms with Crippen molar-refractivity contribution >= 4 is 85.6 Å².